The number of hydrogen-bond donors (Lipinski definition) is 1. The number of nitrogens with zero attached hydrogens (tertiary/aromatic N) is 1. The zero-order chi connectivity index (χ0) is 13.0. The summed E-state index contributed by atoms with van der Waals surface area (Å²) >= 11 is 0. The second-order valence-electron chi connectivity index (χ2n) is 4.05. The fraction of sp³-hybridized carbons (Fsp3) is 0.286. The van der Waals surface area contributed by atoms with Crippen LogP contribution in [0.25, 0.3) is 0 Å². The Hall–Kier alpha value is -1.97. The van der Waals surface area contributed by atoms with Gasteiger partial charge < -0.3 is 14.6 Å². The van der Waals surface area contributed by atoms with E-state index >= 15 is 0 Å². The van der Waals surface area contributed by atoms with Crippen LogP contribution in [0.1, 0.15) is 12.5 Å². The Labute approximate surface area is 106 Å². The van der Waals surface area contributed by atoms with E-state index in [9.17, 15) is 4.39 Å². The molecule has 0 aliphatic rings. The molecule has 0 amide bonds. The molecule has 1 heterocycles. The van der Waals surface area contributed by atoms with Crippen molar-refractivity contribution in [3.63, 3.8) is 0 Å². The molecular formula is C14H17FN2O. The van der Waals surface area contributed by atoms with Gasteiger partial charge >= 0.3 is 0 Å². The van der Waals surface area contributed by atoms with Gasteiger partial charge in [-0.15, -0.1) is 0 Å². The Morgan fingerprint density at radius 3 is 2.83 bits per heavy atom. The van der Waals surface area contributed by atoms with Crippen molar-refractivity contribution >= 4 is 5.69 Å². The molecule has 1 N–H and O–H groups in total. The van der Waals surface area contributed by atoms with Crippen LogP contribution < -0.4 is 10.1 Å². The second kappa shape index (κ2) is 5.58. The van der Waals surface area contributed by atoms with Gasteiger partial charge in [0.05, 0.1) is 12.8 Å². The molecule has 3 nitrogen and oxygen atoms in total. The van der Waals surface area contributed by atoms with Crippen LogP contribution in [0.3, 0.4) is 0 Å². The van der Waals surface area contributed by atoms with Gasteiger partial charge in [0, 0.05) is 31.5 Å². The van der Waals surface area contributed by atoms with Crippen molar-refractivity contribution in [1.29, 1.82) is 0 Å². The number of benzene rings is 1. The molecule has 96 valence electrons. The molecule has 0 aliphatic heterocycles. The summed E-state index contributed by atoms with van der Waals surface area (Å²) in [7, 11) is 1.54. The van der Waals surface area contributed by atoms with Gasteiger partial charge in [-0.05, 0) is 30.7 Å². The molecule has 4 heteroatoms. The fourth-order valence-corrected chi connectivity index (χ4v) is 1.80. The van der Waals surface area contributed by atoms with Crippen LogP contribution in [0.15, 0.2) is 36.7 Å². The minimum atomic E-state index is -0.297. The first-order valence-electron chi connectivity index (χ1n) is 5.95. The third kappa shape index (κ3) is 2.83. The lowest BCUT2D eigenvalue weighted by molar-refractivity contribution is 0.413. The van der Waals surface area contributed by atoms with E-state index in [2.05, 4.69) is 29.1 Å². The molecule has 0 atom stereocenters. The first-order valence-corrected chi connectivity index (χ1v) is 5.95. The third-order valence-electron chi connectivity index (χ3n) is 2.82. The number of anilines is 1. The van der Waals surface area contributed by atoms with E-state index < -0.39 is 0 Å². The van der Waals surface area contributed by atoms with Crippen molar-refractivity contribution < 1.29 is 9.13 Å². The Kier molecular flexibility index (Phi) is 3.87. The molecule has 1 aromatic heterocycles. The highest BCUT2D eigenvalue weighted by Crippen LogP contribution is 2.25. The van der Waals surface area contributed by atoms with Gasteiger partial charge in [-0.25, -0.2) is 4.39 Å². The molecular weight excluding hydrogens is 231 g/mol. The first-order chi connectivity index (χ1) is 8.72. The van der Waals surface area contributed by atoms with Gasteiger partial charge in [0.2, 0.25) is 0 Å². The quantitative estimate of drug-likeness (QED) is 0.879. The molecule has 0 bridgehead atoms. The molecule has 0 saturated heterocycles. The molecule has 2 aromatic rings. The summed E-state index contributed by atoms with van der Waals surface area (Å²) in [6.07, 6.45) is 4.13. The van der Waals surface area contributed by atoms with E-state index in [1.807, 2.05) is 6.20 Å². The monoisotopic (exact) mass is 248 g/mol. The maximum absolute atomic E-state index is 13.0. The van der Waals surface area contributed by atoms with E-state index in [1.165, 1.54) is 24.8 Å². The number of nitrogens with one attached hydrogen (secondary N) is 1. The van der Waals surface area contributed by atoms with Crippen molar-refractivity contribution in [3.05, 3.63) is 48.0 Å². The van der Waals surface area contributed by atoms with Gasteiger partial charge in [-0.3, -0.25) is 0 Å². The Morgan fingerprint density at radius 2 is 2.17 bits per heavy atom. The molecule has 0 unspecified atom stereocenters. The standard InChI is InChI=1S/C14H17FN2O/c1-3-17-7-6-11(10-17)9-16-13-5-4-12(15)8-14(13)18-2/h4-8,10,16H,3,9H2,1-2H3. The lowest BCUT2D eigenvalue weighted by atomic mass is 10.2. The Balaban J connectivity index is 2.05. The molecule has 0 aliphatic carbocycles. The average molecular weight is 248 g/mol. The predicted molar refractivity (Wildman–Crippen MR) is 70.4 cm³/mol. The molecule has 2 rings (SSSR count). The third-order valence-corrected chi connectivity index (χ3v) is 2.82. The minimum Gasteiger partial charge on any atom is -0.494 e. The fourth-order valence-electron chi connectivity index (χ4n) is 1.80. The van der Waals surface area contributed by atoms with E-state index in [-0.39, 0.29) is 5.82 Å². The number of rotatable bonds is 5. The van der Waals surface area contributed by atoms with E-state index in [0.29, 0.717) is 12.3 Å². The average Bonchev–Trinajstić information content (AvgIpc) is 2.85. The first kappa shape index (κ1) is 12.5. The lowest BCUT2D eigenvalue weighted by Gasteiger charge is -2.10. The van der Waals surface area contributed by atoms with Crippen LogP contribution in [-0.4, -0.2) is 11.7 Å². The molecule has 0 fully saturated rings. The number of aryl methyl sites for hydroxylation is 1. The smallest absolute Gasteiger partial charge is 0.144 e. The summed E-state index contributed by atoms with van der Waals surface area (Å²) < 4.78 is 20.3. The highest BCUT2D eigenvalue weighted by atomic mass is 19.1. The Bertz CT molecular complexity index is 522. The van der Waals surface area contributed by atoms with E-state index in [4.69, 9.17) is 4.74 Å². The van der Waals surface area contributed by atoms with Crippen LogP contribution in [0.2, 0.25) is 0 Å². The number of halogens is 1. The summed E-state index contributed by atoms with van der Waals surface area (Å²) in [6.45, 7) is 3.75. The highest BCUT2D eigenvalue weighted by molar-refractivity contribution is 5.56. The summed E-state index contributed by atoms with van der Waals surface area (Å²) in [5.41, 5.74) is 1.98. The zero-order valence-electron chi connectivity index (χ0n) is 10.6. The van der Waals surface area contributed by atoms with Crippen LogP contribution in [-0.2, 0) is 13.1 Å². The SMILES string of the molecule is CCn1ccc(CNc2ccc(F)cc2OC)c1. The van der Waals surface area contributed by atoms with Crippen molar-refractivity contribution in [2.45, 2.75) is 20.0 Å². The van der Waals surface area contributed by atoms with Crippen molar-refractivity contribution in [3.8, 4) is 5.75 Å². The Morgan fingerprint density at radius 1 is 1.33 bits per heavy atom. The summed E-state index contributed by atoms with van der Waals surface area (Å²) in [5, 5.41) is 3.24. The van der Waals surface area contributed by atoms with Crippen LogP contribution in [0, 0.1) is 5.82 Å². The molecule has 18 heavy (non-hydrogen) atoms. The van der Waals surface area contributed by atoms with Crippen molar-refractivity contribution in [2.75, 3.05) is 12.4 Å². The molecule has 0 radical (unpaired) electrons. The van der Waals surface area contributed by atoms with Crippen LogP contribution >= 0.6 is 0 Å². The highest BCUT2D eigenvalue weighted by Gasteiger charge is 2.04. The van der Waals surface area contributed by atoms with Gasteiger partial charge in [0.15, 0.2) is 0 Å². The van der Waals surface area contributed by atoms with Gasteiger partial charge in [0.25, 0.3) is 0 Å². The van der Waals surface area contributed by atoms with Crippen LogP contribution in [0.4, 0.5) is 10.1 Å². The van der Waals surface area contributed by atoms with Gasteiger partial charge in [-0.2, -0.15) is 0 Å². The topological polar surface area (TPSA) is 26.2 Å². The molecule has 0 saturated carbocycles. The lowest BCUT2D eigenvalue weighted by Crippen LogP contribution is -2.01. The maximum Gasteiger partial charge on any atom is 0.144 e. The summed E-state index contributed by atoms with van der Waals surface area (Å²) in [6, 6.07) is 6.54. The van der Waals surface area contributed by atoms with Gasteiger partial charge in [0.1, 0.15) is 11.6 Å². The molecule has 1 aromatic carbocycles. The number of hydrogen-bond acceptors (Lipinski definition) is 2. The van der Waals surface area contributed by atoms with Crippen molar-refractivity contribution in [1.82, 2.24) is 4.57 Å². The number of aromatic nitrogens is 1. The molecule has 0 spiro atoms. The zero-order valence-corrected chi connectivity index (χ0v) is 10.6. The minimum absolute atomic E-state index is 0.297. The normalized spacial score (nSPS) is 10.4. The van der Waals surface area contributed by atoms with Gasteiger partial charge in [-0.1, -0.05) is 0 Å². The van der Waals surface area contributed by atoms with E-state index in [0.717, 1.165) is 12.2 Å². The van der Waals surface area contributed by atoms with E-state index in [1.54, 1.807) is 6.07 Å². The largest absolute Gasteiger partial charge is 0.494 e. The summed E-state index contributed by atoms with van der Waals surface area (Å²) in [5.74, 6) is 0.222. The second-order valence-corrected chi connectivity index (χ2v) is 4.05. The number of ether oxygens (including phenoxy) is 1. The van der Waals surface area contributed by atoms with Crippen LogP contribution in [0.5, 0.6) is 5.75 Å². The van der Waals surface area contributed by atoms with Crippen molar-refractivity contribution in [2.24, 2.45) is 0 Å². The summed E-state index contributed by atoms with van der Waals surface area (Å²) in [4.78, 5) is 0. The number of methoxy groups -OCH3 is 1. The predicted octanol–water partition coefficient (Wildman–Crippen LogP) is 3.27. The maximum atomic E-state index is 13.0.